The van der Waals surface area contributed by atoms with E-state index in [0.29, 0.717) is 17.3 Å². The Bertz CT molecular complexity index is 355. The van der Waals surface area contributed by atoms with Gasteiger partial charge in [0, 0.05) is 5.56 Å². The highest BCUT2D eigenvalue weighted by molar-refractivity contribution is 6.32. The summed E-state index contributed by atoms with van der Waals surface area (Å²) in [6.45, 7) is 2.71. The molecule has 0 aliphatic carbocycles. The van der Waals surface area contributed by atoms with Crippen LogP contribution in [0.5, 0.6) is 11.5 Å². The van der Waals surface area contributed by atoms with Crippen LogP contribution in [-0.2, 0) is 0 Å². The van der Waals surface area contributed by atoms with Crippen LogP contribution in [0.3, 0.4) is 0 Å². The van der Waals surface area contributed by atoms with Crippen molar-refractivity contribution in [1.29, 1.82) is 0 Å². The Hall–Kier alpha value is -0.930. The smallest absolute Gasteiger partial charge is 0.144 e. The van der Waals surface area contributed by atoms with Crippen molar-refractivity contribution in [3.05, 3.63) is 22.7 Å². The number of nitrogens with two attached hydrogens (primary N) is 1. The van der Waals surface area contributed by atoms with Gasteiger partial charge in [0.15, 0.2) is 0 Å². The normalized spacial score (nSPS) is 12.3. The van der Waals surface area contributed by atoms with E-state index in [1.54, 1.807) is 20.3 Å². The maximum absolute atomic E-state index is 6.09. The maximum atomic E-state index is 6.09. The van der Waals surface area contributed by atoms with Crippen molar-refractivity contribution in [3.8, 4) is 11.5 Å². The molecule has 0 saturated carbocycles. The lowest BCUT2D eigenvalue weighted by molar-refractivity contribution is 0.379. The summed E-state index contributed by atoms with van der Waals surface area (Å²) in [5.41, 5.74) is 6.56. The van der Waals surface area contributed by atoms with Crippen LogP contribution in [0.15, 0.2) is 12.1 Å². The minimum atomic E-state index is 0.258. The number of methoxy groups -OCH3 is 2. The molecular formula is C12H18ClNO2. The summed E-state index contributed by atoms with van der Waals surface area (Å²) in [6, 6.07) is 3.63. The van der Waals surface area contributed by atoms with Gasteiger partial charge in [-0.1, -0.05) is 18.5 Å². The molecule has 2 N–H and O–H groups in total. The highest BCUT2D eigenvalue weighted by Gasteiger charge is 2.19. The van der Waals surface area contributed by atoms with Gasteiger partial charge in [-0.3, -0.25) is 0 Å². The van der Waals surface area contributed by atoms with Gasteiger partial charge in [0.25, 0.3) is 0 Å². The molecule has 4 heteroatoms. The first-order valence-corrected chi connectivity index (χ1v) is 5.63. The molecule has 1 aromatic rings. The summed E-state index contributed by atoms with van der Waals surface area (Å²) in [5.74, 6) is 1.73. The first kappa shape index (κ1) is 13.1. The van der Waals surface area contributed by atoms with E-state index < -0.39 is 0 Å². The van der Waals surface area contributed by atoms with Crippen LogP contribution in [0.1, 0.15) is 24.8 Å². The van der Waals surface area contributed by atoms with Crippen LogP contribution in [0.4, 0.5) is 0 Å². The largest absolute Gasteiger partial charge is 0.496 e. The number of hydrogen-bond acceptors (Lipinski definition) is 3. The summed E-state index contributed by atoms with van der Waals surface area (Å²) in [5, 5.41) is 0.599. The molecule has 1 unspecified atom stereocenters. The van der Waals surface area contributed by atoms with E-state index in [2.05, 4.69) is 6.92 Å². The SMILES string of the molecule is COc1ccc(Cl)c(OC)c1C(C)CCN. The molecule has 1 aromatic carbocycles. The molecule has 0 heterocycles. The fraction of sp³-hybridized carbons (Fsp3) is 0.500. The summed E-state index contributed by atoms with van der Waals surface area (Å²) in [7, 11) is 3.25. The number of halogens is 1. The van der Waals surface area contributed by atoms with Gasteiger partial charge in [-0.05, 0) is 31.0 Å². The fourth-order valence-electron chi connectivity index (χ4n) is 1.80. The van der Waals surface area contributed by atoms with Crippen molar-refractivity contribution >= 4 is 11.6 Å². The second-order valence-corrected chi connectivity index (χ2v) is 4.08. The Kier molecular flexibility index (Phi) is 4.90. The van der Waals surface area contributed by atoms with E-state index in [9.17, 15) is 0 Å². The second kappa shape index (κ2) is 5.97. The maximum Gasteiger partial charge on any atom is 0.144 e. The lowest BCUT2D eigenvalue weighted by atomic mass is 9.96. The molecule has 0 radical (unpaired) electrons. The molecule has 0 aliphatic rings. The Morgan fingerprint density at radius 3 is 2.50 bits per heavy atom. The van der Waals surface area contributed by atoms with Crippen LogP contribution >= 0.6 is 11.6 Å². The Morgan fingerprint density at radius 2 is 2.00 bits per heavy atom. The average Bonchev–Trinajstić information content (AvgIpc) is 2.28. The molecule has 1 atom stereocenters. The monoisotopic (exact) mass is 243 g/mol. The van der Waals surface area contributed by atoms with Gasteiger partial charge in [-0.2, -0.15) is 0 Å². The highest BCUT2D eigenvalue weighted by Crippen LogP contribution is 2.41. The summed E-state index contributed by atoms with van der Waals surface area (Å²) < 4.78 is 10.7. The van der Waals surface area contributed by atoms with Gasteiger partial charge in [-0.15, -0.1) is 0 Å². The van der Waals surface area contributed by atoms with E-state index in [1.165, 1.54) is 0 Å². The van der Waals surface area contributed by atoms with Gasteiger partial charge >= 0.3 is 0 Å². The van der Waals surface area contributed by atoms with Gasteiger partial charge < -0.3 is 15.2 Å². The van der Waals surface area contributed by atoms with Crippen LogP contribution < -0.4 is 15.2 Å². The van der Waals surface area contributed by atoms with Crippen molar-refractivity contribution in [2.45, 2.75) is 19.3 Å². The van der Waals surface area contributed by atoms with Crippen molar-refractivity contribution in [2.75, 3.05) is 20.8 Å². The van der Waals surface area contributed by atoms with Crippen molar-refractivity contribution in [2.24, 2.45) is 5.73 Å². The molecular weight excluding hydrogens is 226 g/mol. The van der Waals surface area contributed by atoms with Crippen molar-refractivity contribution < 1.29 is 9.47 Å². The summed E-state index contributed by atoms with van der Waals surface area (Å²) >= 11 is 6.09. The lowest BCUT2D eigenvalue weighted by Crippen LogP contribution is -2.07. The van der Waals surface area contributed by atoms with Gasteiger partial charge in [0.05, 0.1) is 19.2 Å². The minimum absolute atomic E-state index is 0.258. The predicted molar refractivity (Wildman–Crippen MR) is 66.6 cm³/mol. The number of hydrogen-bond donors (Lipinski definition) is 1. The van der Waals surface area contributed by atoms with E-state index in [1.807, 2.05) is 6.07 Å². The first-order valence-electron chi connectivity index (χ1n) is 5.26. The molecule has 0 amide bonds. The molecule has 0 fully saturated rings. The Balaban J connectivity index is 3.24. The molecule has 0 aliphatic heterocycles. The van der Waals surface area contributed by atoms with E-state index in [-0.39, 0.29) is 5.92 Å². The van der Waals surface area contributed by atoms with Gasteiger partial charge in [-0.25, -0.2) is 0 Å². The fourth-order valence-corrected chi connectivity index (χ4v) is 2.04. The quantitative estimate of drug-likeness (QED) is 0.865. The standard InChI is InChI=1S/C12H18ClNO2/c1-8(6-7-14)11-10(15-2)5-4-9(13)12(11)16-3/h4-5,8H,6-7,14H2,1-3H3. The van der Waals surface area contributed by atoms with Crippen molar-refractivity contribution in [1.82, 2.24) is 0 Å². The highest BCUT2D eigenvalue weighted by atomic mass is 35.5. The van der Waals surface area contributed by atoms with Crippen LogP contribution in [0, 0.1) is 0 Å². The average molecular weight is 244 g/mol. The second-order valence-electron chi connectivity index (χ2n) is 3.67. The molecule has 16 heavy (non-hydrogen) atoms. The zero-order valence-corrected chi connectivity index (χ0v) is 10.7. The molecule has 90 valence electrons. The molecule has 0 saturated heterocycles. The minimum Gasteiger partial charge on any atom is -0.496 e. The topological polar surface area (TPSA) is 44.5 Å². The van der Waals surface area contributed by atoms with Crippen LogP contribution in [0.2, 0.25) is 5.02 Å². The predicted octanol–water partition coefficient (Wildman–Crippen LogP) is 2.81. The van der Waals surface area contributed by atoms with Crippen LogP contribution in [0.25, 0.3) is 0 Å². The first-order chi connectivity index (χ1) is 7.65. The molecule has 1 rings (SSSR count). The van der Waals surface area contributed by atoms with E-state index in [0.717, 1.165) is 17.7 Å². The molecule has 0 aromatic heterocycles. The zero-order chi connectivity index (χ0) is 12.1. The third kappa shape index (κ3) is 2.60. The number of benzene rings is 1. The summed E-state index contributed by atoms with van der Waals surface area (Å²) in [6.07, 6.45) is 0.868. The number of rotatable bonds is 5. The van der Waals surface area contributed by atoms with Gasteiger partial charge in [0.1, 0.15) is 11.5 Å². The lowest BCUT2D eigenvalue weighted by Gasteiger charge is -2.19. The third-order valence-electron chi connectivity index (χ3n) is 2.62. The molecule has 0 bridgehead atoms. The van der Waals surface area contributed by atoms with Crippen molar-refractivity contribution in [3.63, 3.8) is 0 Å². The molecule has 3 nitrogen and oxygen atoms in total. The Labute approximate surface area is 101 Å². The Morgan fingerprint density at radius 1 is 1.31 bits per heavy atom. The zero-order valence-electron chi connectivity index (χ0n) is 9.92. The van der Waals surface area contributed by atoms with Crippen LogP contribution in [-0.4, -0.2) is 20.8 Å². The van der Waals surface area contributed by atoms with Gasteiger partial charge in [0.2, 0.25) is 0 Å². The van der Waals surface area contributed by atoms with E-state index in [4.69, 9.17) is 26.8 Å². The third-order valence-corrected chi connectivity index (χ3v) is 2.92. The van der Waals surface area contributed by atoms with E-state index >= 15 is 0 Å². The number of ether oxygens (including phenoxy) is 2. The summed E-state index contributed by atoms with van der Waals surface area (Å²) in [4.78, 5) is 0. The molecule has 0 spiro atoms.